The average molecular weight is 315 g/mol. The van der Waals surface area contributed by atoms with E-state index >= 15 is 0 Å². The van der Waals surface area contributed by atoms with Crippen molar-refractivity contribution in [3.05, 3.63) is 51.4 Å². The van der Waals surface area contributed by atoms with Crippen LogP contribution in [0.25, 0.3) is 0 Å². The minimum atomic E-state index is -0.420. The Bertz CT molecular complexity index is 824. The van der Waals surface area contributed by atoms with Crippen LogP contribution in [0.3, 0.4) is 0 Å². The Balaban J connectivity index is 2.19. The van der Waals surface area contributed by atoms with Crippen LogP contribution < -0.4 is 19.8 Å². The molecule has 1 aromatic carbocycles. The quantitative estimate of drug-likeness (QED) is 0.878. The van der Waals surface area contributed by atoms with Crippen molar-refractivity contribution in [1.82, 2.24) is 4.98 Å². The Morgan fingerprint density at radius 1 is 1.17 bits per heavy atom. The van der Waals surface area contributed by atoms with E-state index in [2.05, 4.69) is 4.98 Å². The molecule has 0 bridgehead atoms. The fourth-order valence-electron chi connectivity index (χ4n) is 2.89. The van der Waals surface area contributed by atoms with Gasteiger partial charge in [-0.15, -0.1) is 0 Å². The summed E-state index contributed by atoms with van der Waals surface area (Å²) in [6, 6.07) is 6.98. The van der Waals surface area contributed by atoms with E-state index in [0.717, 1.165) is 5.56 Å². The lowest BCUT2D eigenvalue weighted by molar-refractivity contribution is -0.135. The number of methoxy groups -OCH3 is 2. The molecule has 0 saturated heterocycles. The number of rotatable bonds is 3. The second kappa shape index (κ2) is 5.79. The van der Waals surface area contributed by atoms with Gasteiger partial charge in [-0.3, -0.25) is 9.59 Å². The van der Waals surface area contributed by atoms with Crippen molar-refractivity contribution < 1.29 is 19.0 Å². The van der Waals surface area contributed by atoms with Crippen LogP contribution in [-0.4, -0.2) is 25.2 Å². The zero-order chi connectivity index (χ0) is 16.6. The lowest BCUT2D eigenvalue weighted by Gasteiger charge is -2.25. The maximum Gasteiger partial charge on any atom is 0.312 e. The third-order valence-corrected chi connectivity index (χ3v) is 3.93. The van der Waals surface area contributed by atoms with Gasteiger partial charge in [-0.25, -0.2) is 0 Å². The summed E-state index contributed by atoms with van der Waals surface area (Å²) in [7, 11) is 3.11. The van der Waals surface area contributed by atoms with Crippen LogP contribution in [0, 0.1) is 6.92 Å². The number of fused-ring (bicyclic) bond motifs is 1. The van der Waals surface area contributed by atoms with Crippen molar-refractivity contribution in [3.63, 3.8) is 0 Å². The molecule has 3 rings (SSSR count). The van der Waals surface area contributed by atoms with Gasteiger partial charge < -0.3 is 19.2 Å². The number of carbonyl (C=O) groups is 1. The summed E-state index contributed by atoms with van der Waals surface area (Å²) in [4.78, 5) is 27.1. The normalized spacial score (nSPS) is 16.5. The van der Waals surface area contributed by atoms with Crippen molar-refractivity contribution in [1.29, 1.82) is 0 Å². The number of esters is 1. The fraction of sp³-hybridized carbons (Fsp3) is 0.294. The molecule has 2 aromatic rings. The number of aryl methyl sites for hydroxylation is 1. The highest BCUT2D eigenvalue weighted by atomic mass is 16.5. The molecule has 23 heavy (non-hydrogen) atoms. The van der Waals surface area contributed by atoms with Crippen LogP contribution in [0.5, 0.6) is 17.2 Å². The fourth-order valence-corrected chi connectivity index (χ4v) is 2.89. The lowest BCUT2D eigenvalue weighted by Crippen LogP contribution is -2.28. The number of hydrogen-bond donors (Lipinski definition) is 1. The molecule has 120 valence electrons. The number of carbonyl (C=O) groups excluding carboxylic acids is 1. The van der Waals surface area contributed by atoms with E-state index in [1.54, 1.807) is 39.3 Å². The van der Waals surface area contributed by atoms with Crippen molar-refractivity contribution in [2.24, 2.45) is 0 Å². The molecule has 1 atom stereocenters. The molecule has 1 aromatic heterocycles. The van der Waals surface area contributed by atoms with Crippen LogP contribution >= 0.6 is 0 Å². The summed E-state index contributed by atoms with van der Waals surface area (Å²) >= 11 is 0. The molecule has 6 nitrogen and oxygen atoms in total. The topological polar surface area (TPSA) is 77.6 Å². The molecule has 1 N–H and O–H groups in total. The second-order valence-electron chi connectivity index (χ2n) is 5.40. The highest BCUT2D eigenvalue weighted by Gasteiger charge is 2.33. The van der Waals surface area contributed by atoms with Gasteiger partial charge >= 0.3 is 5.97 Å². The first-order valence-corrected chi connectivity index (χ1v) is 7.20. The highest BCUT2D eigenvalue weighted by Crippen LogP contribution is 2.41. The predicted molar refractivity (Wildman–Crippen MR) is 83.4 cm³/mol. The monoisotopic (exact) mass is 315 g/mol. The van der Waals surface area contributed by atoms with Crippen molar-refractivity contribution in [3.8, 4) is 17.2 Å². The molecule has 0 saturated carbocycles. The van der Waals surface area contributed by atoms with E-state index in [1.165, 1.54) is 0 Å². The third kappa shape index (κ3) is 2.67. The van der Waals surface area contributed by atoms with Gasteiger partial charge in [-0.1, -0.05) is 6.07 Å². The Kier molecular flexibility index (Phi) is 3.82. The molecule has 1 unspecified atom stereocenters. The van der Waals surface area contributed by atoms with Crippen LogP contribution in [0.2, 0.25) is 0 Å². The van der Waals surface area contributed by atoms with Gasteiger partial charge in [0.2, 0.25) is 0 Å². The summed E-state index contributed by atoms with van der Waals surface area (Å²) < 4.78 is 15.8. The van der Waals surface area contributed by atoms with E-state index in [0.29, 0.717) is 28.5 Å². The smallest absolute Gasteiger partial charge is 0.312 e. The molecule has 1 aliphatic heterocycles. The Morgan fingerprint density at radius 2 is 1.96 bits per heavy atom. The third-order valence-electron chi connectivity index (χ3n) is 3.93. The molecule has 0 aliphatic carbocycles. The zero-order valence-electron chi connectivity index (χ0n) is 13.1. The first kappa shape index (κ1) is 15.1. The van der Waals surface area contributed by atoms with E-state index in [1.807, 2.05) is 6.07 Å². The minimum absolute atomic E-state index is 0.0851. The minimum Gasteiger partial charge on any atom is -0.497 e. The lowest BCUT2D eigenvalue weighted by atomic mass is 9.86. The van der Waals surface area contributed by atoms with Gasteiger partial charge in [0.05, 0.1) is 26.2 Å². The molecule has 2 heterocycles. The van der Waals surface area contributed by atoms with E-state index in [4.69, 9.17) is 14.2 Å². The zero-order valence-corrected chi connectivity index (χ0v) is 13.1. The molecule has 0 fully saturated rings. The Morgan fingerprint density at radius 3 is 2.65 bits per heavy atom. The molecular weight excluding hydrogens is 298 g/mol. The van der Waals surface area contributed by atoms with Gasteiger partial charge in [0.25, 0.3) is 5.56 Å². The van der Waals surface area contributed by atoms with Crippen LogP contribution in [0.15, 0.2) is 29.1 Å². The summed E-state index contributed by atoms with van der Waals surface area (Å²) in [5, 5.41) is 0. The summed E-state index contributed by atoms with van der Waals surface area (Å²) in [6.45, 7) is 1.74. The van der Waals surface area contributed by atoms with Gasteiger partial charge in [-0.2, -0.15) is 0 Å². The van der Waals surface area contributed by atoms with Gasteiger partial charge in [-0.05, 0) is 13.0 Å². The first-order valence-electron chi connectivity index (χ1n) is 7.20. The van der Waals surface area contributed by atoms with E-state index in [9.17, 15) is 9.59 Å². The standard InChI is InChI=1S/C17H17NO5/c1-9-6-14-16(17(20)18-9)12(8-15(19)23-14)11-5-4-10(21-2)7-13(11)22-3/h4-7,12H,8H2,1-3H3,(H,18,20). The maximum atomic E-state index is 12.4. The predicted octanol–water partition coefficient (Wildman–Crippen LogP) is 2.14. The molecule has 1 aliphatic rings. The molecule has 0 amide bonds. The number of pyridine rings is 1. The van der Waals surface area contributed by atoms with Gasteiger partial charge in [0.15, 0.2) is 0 Å². The Labute approximate surface area is 133 Å². The molecule has 6 heteroatoms. The first-order chi connectivity index (χ1) is 11.0. The van der Waals surface area contributed by atoms with Crippen molar-refractivity contribution >= 4 is 5.97 Å². The van der Waals surface area contributed by atoms with Crippen molar-refractivity contribution in [2.75, 3.05) is 14.2 Å². The summed E-state index contributed by atoms with van der Waals surface area (Å²) in [6.07, 6.45) is 0.0851. The van der Waals surface area contributed by atoms with Crippen LogP contribution in [0.1, 0.15) is 29.2 Å². The summed E-state index contributed by atoms with van der Waals surface area (Å²) in [5.74, 6) is 0.726. The van der Waals surface area contributed by atoms with E-state index < -0.39 is 5.92 Å². The highest BCUT2D eigenvalue weighted by molar-refractivity contribution is 5.78. The van der Waals surface area contributed by atoms with Crippen molar-refractivity contribution in [2.45, 2.75) is 19.3 Å². The maximum absolute atomic E-state index is 12.4. The SMILES string of the molecule is COc1ccc(C2CC(=O)Oc3cc(C)[nH]c(=O)c32)c(OC)c1. The number of benzene rings is 1. The molecule has 0 radical (unpaired) electrons. The number of nitrogens with one attached hydrogen (secondary N) is 1. The average Bonchev–Trinajstić information content (AvgIpc) is 2.52. The van der Waals surface area contributed by atoms with Gasteiger partial charge in [0, 0.05) is 29.3 Å². The number of aromatic nitrogens is 1. The second-order valence-corrected chi connectivity index (χ2v) is 5.40. The van der Waals surface area contributed by atoms with Crippen LogP contribution in [0.4, 0.5) is 0 Å². The Hall–Kier alpha value is -2.76. The number of ether oxygens (including phenoxy) is 3. The van der Waals surface area contributed by atoms with E-state index in [-0.39, 0.29) is 17.9 Å². The molecular formula is C17H17NO5. The molecule has 0 spiro atoms. The largest absolute Gasteiger partial charge is 0.497 e. The van der Waals surface area contributed by atoms with Gasteiger partial charge in [0.1, 0.15) is 17.2 Å². The number of aromatic amines is 1. The summed E-state index contributed by atoms with van der Waals surface area (Å²) in [5.41, 5.74) is 1.58. The van der Waals surface area contributed by atoms with Crippen LogP contribution in [-0.2, 0) is 4.79 Å². The number of hydrogen-bond acceptors (Lipinski definition) is 5. The number of H-pyrrole nitrogens is 1.